The molecule has 1 aromatic rings. The fourth-order valence-corrected chi connectivity index (χ4v) is 1.68. The summed E-state index contributed by atoms with van der Waals surface area (Å²) >= 11 is 2.12. The van der Waals surface area contributed by atoms with E-state index in [4.69, 9.17) is 14.2 Å². The van der Waals surface area contributed by atoms with Crippen LogP contribution in [0.1, 0.15) is 24.2 Å². The summed E-state index contributed by atoms with van der Waals surface area (Å²) < 4.78 is 15.9. The quantitative estimate of drug-likeness (QED) is 0.465. The third kappa shape index (κ3) is 3.49. The Bertz CT molecular complexity index is 415. The zero-order chi connectivity index (χ0) is 13.0. The molecule has 0 unspecified atom stereocenters. The molecule has 0 bridgehead atoms. The zero-order valence-electron chi connectivity index (χ0n) is 10.2. The molecule has 0 aromatic heterocycles. The maximum absolute atomic E-state index is 11.5. The number of benzene rings is 1. The van der Waals surface area contributed by atoms with Gasteiger partial charge in [0, 0.05) is 6.07 Å². The van der Waals surface area contributed by atoms with Crippen molar-refractivity contribution in [2.75, 3.05) is 14.2 Å². The molecular formula is C12H15IO4. The normalized spacial score (nSPS) is 11.8. The van der Waals surface area contributed by atoms with Crippen molar-refractivity contribution >= 4 is 28.4 Å². The molecule has 17 heavy (non-hydrogen) atoms. The number of rotatable bonds is 5. The maximum atomic E-state index is 11.5. The molecule has 1 rings (SSSR count). The predicted molar refractivity (Wildman–Crippen MR) is 73.7 cm³/mol. The van der Waals surface area contributed by atoms with Crippen LogP contribution in [-0.2, 0) is 0 Å². The van der Waals surface area contributed by atoms with E-state index >= 15 is 0 Å². The van der Waals surface area contributed by atoms with Gasteiger partial charge in [-0.2, -0.15) is 0 Å². The van der Waals surface area contributed by atoms with Crippen molar-refractivity contribution in [3.63, 3.8) is 0 Å². The Morgan fingerprint density at radius 1 is 1.18 bits per heavy atom. The van der Waals surface area contributed by atoms with E-state index < -0.39 is 0 Å². The van der Waals surface area contributed by atoms with E-state index in [1.54, 1.807) is 19.2 Å². The number of Topliss-reactive ketones (excluding diaryl/α,β-unsaturated/α-hetero) is 1. The summed E-state index contributed by atoms with van der Waals surface area (Å²) in [6, 6.07) is 3.31. The number of hydrogen-bond acceptors (Lipinski definition) is 4. The van der Waals surface area contributed by atoms with Gasteiger partial charge in [-0.3, -0.25) is 4.79 Å². The fraction of sp³-hybridized carbons (Fsp3) is 0.417. The van der Waals surface area contributed by atoms with Crippen molar-refractivity contribution in [1.82, 2.24) is 0 Å². The minimum absolute atomic E-state index is 0.0381. The molecular weight excluding hydrogens is 335 g/mol. The Kier molecular flexibility index (Phi) is 5.04. The summed E-state index contributed by atoms with van der Waals surface area (Å²) in [6.07, 6.45) is 0. The van der Waals surface area contributed by atoms with Crippen LogP contribution in [0.5, 0.6) is 17.2 Å². The number of ether oxygens (including phenoxy) is 3. The number of ketones is 1. The standard InChI is InChI=1S/C12H15IO4/c1-7(14)9-5-11(15-3)12(16-4)6-10(9)17-8(2)13/h5-6,8H,1-4H3/t8-/m1/s1. The lowest BCUT2D eigenvalue weighted by Crippen LogP contribution is -2.07. The number of methoxy groups -OCH3 is 2. The number of hydrogen-bond donors (Lipinski definition) is 0. The summed E-state index contributed by atoms with van der Waals surface area (Å²) in [5, 5.41) is 0. The van der Waals surface area contributed by atoms with Gasteiger partial charge >= 0.3 is 0 Å². The molecule has 0 saturated carbocycles. The average molecular weight is 350 g/mol. The second kappa shape index (κ2) is 6.09. The van der Waals surface area contributed by atoms with Crippen LogP contribution in [0.3, 0.4) is 0 Å². The van der Waals surface area contributed by atoms with Crippen molar-refractivity contribution in [2.45, 2.75) is 18.0 Å². The van der Waals surface area contributed by atoms with Crippen LogP contribution in [0, 0.1) is 0 Å². The van der Waals surface area contributed by atoms with Crippen LogP contribution in [0.25, 0.3) is 0 Å². The van der Waals surface area contributed by atoms with Gasteiger partial charge in [-0.15, -0.1) is 0 Å². The topological polar surface area (TPSA) is 44.8 Å². The molecule has 0 heterocycles. The number of halogens is 1. The molecule has 0 radical (unpaired) electrons. The maximum Gasteiger partial charge on any atom is 0.164 e. The van der Waals surface area contributed by atoms with E-state index in [0.717, 1.165) is 0 Å². The highest BCUT2D eigenvalue weighted by molar-refractivity contribution is 14.1. The van der Waals surface area contributed by atoms with Crippen molar-refractivity contribution in [1.29, 1.82) is 0 Å². The highest BCUT2D eigenvalue weighted by Crippen LogP contribution is 2.35. The van der Waals surface area contributed by atoms with Crippen LogP contribution in [0.4, 0.5) is 0 Å². The minimum atomic E-state index is -0.0713. The van der Waals surface area contributed by atoms with E-state index in [2.05, 4.69) is 22.6 Å². The minimum Gasteiger partial charge on any atom is -0.493 e. The molecule has 94 valence electrons. The first kappa shape index (κ1) is 14.1. The van der Waals surface area contributed by atoms with Crippen molar-refractivity contribution < 1.29 is 19.0 Å². The number of carbonyl (C=O) groups excluding carboxylic acids is 1. The molecule has 0 saturated heterocycles. The third-order valence-electron chi connectivity index (χ3n) is 2.15. The Morgan fingerprint density at radius 2 is 1.71 bits per heavy atom. The highest BCUT2D eigenvalue weighted by atomic mass is 127. The van der Waals surface area contributed by atoms with Crippen molar-refractivity contribution in [3.8, 4) is 17.2 Å². The van der Waals surface area contributed by atoms with Gasteiger partial charge in [-0.05, 0) is 42.5 Å². The lowest BCUT2D eigenvalue weighted by Gasteiger charge is -2.15. The van der Waals surface area contributed by atoms with E-state index in [-0.39, 0.29) is 9.89 Å². The second-order valence-electron chi connectivity index (χ2n) is 3.42. The molecule has 0 aliphatic rings. The molecule has 5 heteroatoms. The Morgan fingerprint density at radius 3 is 2.12 bits per heavy atom. The van der Waals surface area contributed by atoms with Gasteiger partial charge in [-0.25, -0.2) is 0 Å². The van der Waals surface area contributed by atoms with E-state index in [9.17, 15) is 4.79 Å². The predicted octanol–water partition coefficient (Wildman–Crippen LogP) is 3.07. The van der Waals surface area contributed by atoms with Crippen molar-refractivity contribution in [3.05, 3.63) is 17.7 Å². The monoisotopic (exact) mass is 350 g/mol. The summed E-state index contributed by atoms with van der Waals surface area (Å²) in [6.45, 7) is 3.38. The molecule has 1 aromatic carbocycles. The van der Waals surface area contributed by atoms with E-state index in [0.29, 0.717) is 22.8 Å². The highest BCUT2D eigenvalue weighted by Gasteiger charge is 2.16. The Hall–Kier alpha value is -0.980. The summed E-state index contributed by atoms with van der Waals surface area (Å²) in [5.74, 6) is 1.51. The molecule has 1 atom stereocenters. The zero-order valence-corrected chi connectivity index (χ0v) is 12.4. The van der Waals surface area contributed by atoms with Gasteiger partial charge in [-0.1, -0.05) is 0 Å². The average Bonchev–Trinajstić information content (AvgIpc) is 2.27. The Labute approximate surface area is 114 Å². The third-order valence-corrected chi connectivity index (χ3v) is 2.41. The first-order valence-electron chi connectivity index (χ1n) is 5.07. The first-order chi connectivity index (χ1) is 7.99. The molecule has 0 amide bonds. The molecule has 0 fully saturated rings. The van der Waals surface area contributed by atoms with Gasteiger partial charge in [0.05, 0.1) is 19.8 Å². The van der Waals surface area contributed by atoms with Crippen LogP contribution in [0.2, 0.25) is 0 Å². The lowest BCUT2D eigenvalue weighted by atomic mass is 10.1. The number of alkyl halides is 1. The van der Waals surface area contributed by atoms with Crippen LogP contribution in [-0.4, -0.2) is 24.1 Å². The molecule has 4 nitrogen and oxygen atoms in total. The fourth-order valence-electron chi connectivity index (χ4n) is 1.41. The molecule has 0 spiro atoms. The van der Waals surface area contributed by atoms with Crippen LogP contribution >= 0.6 is 22.6 Å². The smallest absolute Gasteiger partial charge is 0.164 e. The second-order valence-corrected chi connectivity index (χ2v) is 5.17. The van der Waals surface area contributed by atoms with Crippen LogP contribution < -0.4 is 14.2 Å². The largest absolute Gasteiger partial charge is 0.493 e. The summed E-state index contributed by atoms with van der Waals surface area (Å²) in [5.41, 5.74) is 0.492. The van der Waals surface area contributed by atoms with Gasteiger partial charge in [0.15, 0.2) is 17.3 Å². The van der Waals surface area contributed by atoms with Gasteiger partial charge in [0.25, 0.3) is 0 Å². The summed E-state index contributed by atoms with van der Waals surface area (Å²) in [4.78, 5) is 11.5. The van der Waals surface area contributed by atoms with Gasteiger partial charge in [0.2, 0.25) is 0 Å². The van der Waals surface area contributed by atoms with E-state index in [1.165, 1.54) is 14.0 Å². The first-order valence-corrected chi connectivity index (χ1v) is 6.31. The number of carbonyl (C=O) groups is 1. The Balaban J connectivity index is 3.29. The molecule has 0 N–H and O–H groups in total. The SMILES string of the molecule is COc1cc(O[C@H](C)I)c(C(C)=O)cc1OC. The van der Waals surface area contributed by atoms with Gasteiger partial charge < -0.3 is 14.2 Å². The molecule has 0 aliphatic carbocycles. The van der Waals surface area contributed by atoms with Crippen LogP contribution in [0.15, 0.2) is 12.1 Å². The molecule has 0 aliphatic heterocycles. The lowest BCUT2D eigenvalue weighted by molar-refractivity contribution is 0.101. The van der Waals surface area contributed by atoms with Crippen molar-refractivity contribution in [2.24, 2.45) is 0 Å². The van der Waals surface area contributed by atoms with Gasteiger partial charge in [0.1, 0.15) is 9.86 Å². The van der Waals surface area contributed by atoms with E-state index in [1.807, 2.05) is 6.92 Å². The summed E-state index contributed by atoms with van der Waals surface area (Å²) in [7, 11) is 3.08.